The van der Waals surface area contributed by atoms with Crippen LogP contribution in [0.25, 0.3) is 16.6 Å². The smallest absolute Gasteiger partial charge is 0.303 e. The van der Waals surface area contributed by atoms with Crippen LogP contribution in [-0.2, 0) is 28.6 Å². The lowest BCUT2D eigenvalue weighted by Gasteiger charge is -2.40. The molecule has 0 unspecified atom stereocenters. The van der Waals surface area contributed by atoms with Crippen LogP contribution in [0.4, 0.5) is 0 Å². The molecule has 8 nitrogen and oxygen atoms in total. The number of benzene rings is 2. The molecule has 9 heteroatoms. The number of carbonyl (C=O) groups excluding carboxylic acids is 3. The molecule has 0 N–H and O–H groups in total. The van der Waals surface area contributed by atoms with Crippen molar-refractivity contribution in [1.82, 2.24) is 4.57 Å². The van der Waals surface area contributed by atoms with E-state index in [0.717, 1.165) is 16.6 Å². The van der Waals surface area contributed by atoms with Gasteiger partial charge in [-0.3, -0.25) is 14.4 Å². The molecule has 2 aromatic carbocycles. The summed E-state index contributed by atoms with van der Waals surface area (Å²) >= 11 is 1.32. The van der Waals surface area contributed by atoms with E-state index in [1.54, 1.807) is 0 Å². The number of hydrogen-bond acceptors (Lipinski definition) is 8. The first-order valence-corrected chi connectivity index (χ1v) is 11.8. The molecule has 0 spiro atoms. The molecule has 4 rings (SSSR count). The highest BCUT2D eigenvalue weighted by atomic mass is 32.2. The monoisotopic (exact) mass is 483 g/mol. The quantitative estimate of drug-likeness (QED) is 0.385. The van der Waals surface area contributed by atoms with Crippen molar-refractivity contribution in [2.75, 3.05) is 5.75 Å². The van der Waals surface area contributed by atoms with Gasteiger partial charge in [0.1, 0.15) is 5.75 Å². The van der Waals surface area contributed by atoms with Gasteiger partial charge in [0.25, 0.3) is 0 Å². The Kier molecular flexibility index (Phi) is 7.12. The molecule has 2 heterocycles. The molecular weight excluding hydrogens is 458 g/mol. The molecule has 1 aromatic heterocycles. The number of carbonyl (C=O) groups is 3. The minimum absolute atomic E-state index is 0.300. The number of esters is 3. The predicted molar refractivity (Wildman–Crippen MR) is 127 cm³/mol. The van der Waals surface area contributed by atoms with Crippen LogP contribution >= 0.6 is 11.8 Å². The van der Waals surface area contributed by atoms with E-state index < -0.39 is 41.7 Å². The Morgan fingerprint density at radius 2 is 1.47 bits per heavy atom. The lowest BCUT2D eigenvalue weighted by atomic mass is 10.1. The van der Waals surface area contributed by atoms with Gasteiger partial charge in [0.2, 0.25) is 0 Å². The zero-order chi connectivity index (χ0) is 24.2. The summed E-state index contributed by atoms with van der Waals surface area (Å²) in [7, 11) is 0. The second kappa shape index (κ2) is 10.2. The Morgan fingerprint density at radius 3 is 2.21 bits per heavy atom. The average molecular weight is 484 g/mol. The number of hydrogen-bond donors (Lipinski definition) is 0. The van der Waals surface area contributed by atoms with Gasteiger partial charge >= 0.3 is 17.9 Å². The van der Waals surface area contributed by atoms with E-state index in [1.807, 2.05) is 65.4 Å². The van der Waals surface area contributed by atoms with Crippen molar-refractivity contribution in [3.63, 3.8) is 0 Å². The normalized spacial score (nSPS) is 22.1. The summed E-state index contributed by atoms with van der Waals surface area (Å²) in [4.78, 5) is 35.4. The largest absolute Gasteiger partial charge is 0.473 e. The molecule has 1 fully saturated rings. The first kappa shape index (κ1) is 23.7. The van der Waals surface area contributed by atoms with Crippen LogP contribution < -0.4 is 4.74 Å². The molecule has 1 aliphatic rings. The molecule has 1 saturated heterocycles. The number of para-hydroxylation sites is 3. The van der Waals surface area contributed by atoms with Crippen molar-refractivity contribution in [2.24, 2.45) is 0 Å². The summed E-state index contributed by atoms with van der Waals surface area (Å²) < 4.78 is 24.7. The maximum absolute atomic E-state index is 11.9. The molecule has 3 aromatic rings. The lowest BCUT2D eigenvalue weighted by molar-refractivity contribution is -0.186. The molecule has 0 amide bonds. The van der Waals surface area contributed by atoms with Crippen molar-refractivity contribution in [2.45, 2.75) is 44.5 Å². The van der Waals surface area contributed by atoms with Gasteiger partial charge in [-0.2, -0.15) is 0 Å². The van der Waals surface area contributed by atoms with E-state index in [-0.39, 0.29) is 0 Å². The molecule has 0 bridgehead atoms. The Hall–Kier alpha value is -3.46. The molecule has 0 saturated carbocycles. The third-order valence-corrected chi connectivity index (χ3v) is 6.49. The fourth-order valence-corrected chi connectivity index (χ4v) is 5.19. The fraction of sp³-hybridized carbons (Fsp3) is 0.320. The second-order valence-electron chi connectivity index (χ2n) is 7.83. The van der Waals surface area contributed by atoms with E-state index in [1.165, 1.54) is 32.5 Å². The third kappa shape index (κ3) is 5.20. The molecule has 1 aliphatic heterocycles. The van der Waals surface area contributed by atoms with Gasteiger partial charge in [-0.05, 0) is 29.7 Å². The second-order valence-corrected chi connectivity index (χ2v) is 8.96. The lowest BCUT2D eigenvalue weighted by Crippen LogP contribution is -2.55. The van der Waals surface area contributed by atoms with Crippen LogP contribution in [0.15, 0.2) is 60.8 Å². The van der Waals surface area contributed by atoms with E-state index in [4.69, 9.17) is 18.9 Å². The van der Waals surface area contributed by atoms with Gasteiger partial charge in [0.15, 0.2) is 23.7 Å². The van der Waals surface area contributed by atoms with Crippen LogP contribution in [0.3, 0.4) is 0 Å². The summed E-state index contributed by atoms with van der Waals surface area (Å²) in [5, 5.41) is 1.08. The van der Waals surface area contributed by atoms with E-state index in [9.17, 15) is 14.4 Å². The van der Waals surface area contributed by atoms with Gasteiger partial charge < -0.3 is 23.5 Å². The number of aromatic nitrogens is 1. The summed E-state index contributed by atoms with van der Waals surface area (Å²) in [6, 6.07) is 17.5. The van der Waals surface area contributed by atoms with Crippen molar-refractivity contribution in [1.29, 1.82) is 0 Å². The SMILES string of the molecule is CC(=O)O[C@@H]1[C@@H](OC(C)=O)[C@@H](Oc2ccccc2-n2ccc3ccccc32)SC[C@H]1OC(C)=O. The molecule has 178 valence electrons. The van der Waals surface area contributed by atoms with Crippen LogP contribution in [-0.4, -0.2) is 52.0 Å². The van der Waals surface area contributed by atoms with Crippen LogP contribution in [0, 0.1) is 0 Å². The predicted octanol–water partition coefficient (Wildman–Crippen LogP) is 3.88. The van der Waals surface area contributed by atoms with Crippen molar-refractivity contribution in [3.05, 3.63) is 60.8 Å². The van der Waals surface area contributed by atoms with E-state index >= 15 is 0 Å². The number of thioether (sulfide) groups is 1. The zero-order valence-corrected chi connectivity index (χ0v) is 19.8. The van der Waals surface area contributed by atoms with Crippen LogP contribution in [0.2, 0.25) is 0 Å². The Labute approximate surface area is 201 Å². The summed E-state index contributed by atoms with van der Waals surface area (Å²) in [6.45, 7) is 3.79. The number of ether oxygens (including phenoxy) is 4. The number of nitrogens with zero attached hydrogens (tertiary/aromatic N) is 1. The Morgan fingerprint density at radius 1 is 0.824 bits per heavy atom. The summed E-state index contributed by atoms with van der Waals surface area (Å²) in [6.07, 6.45) is -0.808. The molecule has 34 heavy (non-hydrogen) atoms. The highest BCUT2D eigenvalue weighted by Crippen LogP contribution is 2.36. The molecule has 4 atom stereocenters. The molecular formula is C25H25NO7S. The summed E-state index contributed by atoms with van der Waals surface area (Å²) in [5.41, 5.74) is 1.11. The van der Waals surface area contributed by atoms with Gasteiger partial charge in [0, 0.05) is 32.7 Å². The van der Waals surface area contributed by atoms with Gasteiger partial charge in [0.05, 0.1) is 11.2 Å². The highest BCUT2D eigenvalue weighted by Gasteiger charge is 2.47. The van der Waals surface area contributed by atoms with Crippen molar-refractivity contribution < 1.29 is 33.3 Å². The number of fused-ring (bicyclic) bond motifs is 1. The van der Waals surface area contributed by atoms with Crippen LogP contribution in [0.1, 0.15) is 20.8 Å². The standard InChI is InChI=1S/C25H25NO7S/c1-15(27)30-22-14-34-25(24(32-17(3)29)23(22)31-16(2)28)33-21-11-7-6-10-20(21)26-13-12-18-8-4-5-9-19(18)26/h4-13,22-25H,14H2,1-3H3/t22-,23+,24-,25+/m1/s1. The minimum Gasteiger partial charge on any atom is -0.473 e. The average Bonchev–Trinajstić information content (AvgIpc) is 3.21. The first-order valence-electron chi connectivity index (χ1n) is 10.8. The van der Waals surface area contributed by atoms with Crippen LogP contribution in [0.5, 0.6) is 5.75 Å². The van der Waals surface area contributed by atoms with Gasteiger partial charge in [-0.15, -0.1) is 11.8 Å². The van der Waals surface area contributed by atoms with E-state index in [0.29, 0.717) is 11.5 Å². The van der Waals surface area contributed by atoms with Gasteiger partial charge in [-0.1, -0.05) is 30.3 Å². The topological polar surface area (TPSA) is 93.1 Å². The Bertz CT molecular complexity index is 1210. The minimum atomic E-state index is -1.00. The van der Waals surface area contributed by atoms with E-state index in [2.05, 4.69) is 0 Å². The number of rotatable bonds is 6. The maximum atomic E-state index is 11.9. The molecule has 0 aliphatic carbocycles. The van der Waals surface area contributed by atoms with Crippen molar-refractivity contribution in [3.8, 4) is 11.4 Å². The fourth-order valence-electron chi connectivity index (χ4n) is 3.98. The highest BCUT2D eigenvalue weighted by molar-refractivity contribution is 7.99. The van der Waals surface area contributed by atoms with Gasteiger partial charge in [-0.25, -0.2) is 0 Å². The first-order chi connectivity index (χ1) is 16.3. The summed E-state index contributed by atoms with van der Waals surface area (Å²) in [5.74, 6) is -0.803. The third-order valence-electron chi connectivity index (χ3n) is 5.27. The zero-order valence-electron chi connectivity index (χ0n) is 19.0. The van der Waals surface area contributed by atoms with Crippen molar-refractivity contribution >= 4 is 40.6 Å². The Balaban J connectivity index is 1.68. The molecule has 0 radical (unpaired) electrons. The maximum Gasteiger partial charge on any atom is 0.303 e.